The van der Waals surface area contributed by atoms with Crippen LogP contribution in [0.25, 0.3) is 0 Å². The average molecular weight is 132 g/mol. The molecule has 2 nitrogen and oxygen atoms in total. The Morgan fingerprint density at radius 1 is 1.56 bits per heavy atom. The molecule has 1 N–H and O–H groups in total. The van der Waals surface area contributed by atoms with Gasteiger partial charge in [0.1, 0.15) is 0 Å². The molecule has 0 aliphatic heterocycles. The van der Waals surface area contributed by atoms with Gasteiger partial charge in [0, 0.05) is 13.2 Å². The van der Waals surface area contributed by atoms with E-state index in [9.17, 15) is 0 Å². The van der Waals surface area contributed by atoms with Crippen LogP contribution in [0.2, 0.25) is 0 Å². The van der Waals surface area contributed by atoms with E-state index in [0.717, 1.165) is 26.1 Å². The zero-order valence-corrected chi connectivity index (χ0v) is 6.26. The summed E-state index contributed by atoms with van der Waals surface area (Å²) in [6, 6.07) is 0. The van der Waals surface area contributed by atoms with Crippen molar-refractivity contribution in [2.75, 3.05) is 13.2 Å². The summed E-state index contributed by atoms with van der Waals surface area (Å²) >= 11 is 0. The van der Waals surface area contributed by atoms with E-state index >= 15 is 0 Å². The fourth-order valence-corrected chi connectivity index (χ4v) is 0.625. The Labute approximate surface area is 56.8 Å². The maximum atomic E-state index is 8.80. The first-order valence-electron chi connectivity index (χ1n) is 3.53. The molecule has 1 atom stereocenters. The Bertz CT molecular complexity index is 52.9. The number of rotatable bonds is 5. The van der Waals surface area contributed by atoms with Crippen molar-refractivity contribution >= 4 is 0 Å². The summed E-state index contributed by atoms with van der Waals surface area (Å²) in [6.07, 6.45) is 1.64. The summed E-state index contributed by atoms with van der Waals surface area (Å²) in [5.74, 6) is 0. The van der Waals surface area contributed by atoms with Crippen molar-refractivity contribution in [3.63, 3.8) is 0 Å². The molecule has 0 saturated carbocycles. The maximum absolute atomic E-state index is 8.80. The molecule has 9 heavy (non-hydrogen) atoms. The molecule has 0 heterocycles. The second-order valence-electron chi connectivity index (χ2n) is 2.19. The maximum Gasteiger partial charge on any atom is 0.0513 e. The number of hydrogen-bond acceptors (Lipinski definition) is 2. The van der Waals surface area contributed by atoms with Crippen molar-refractivity contribution in [3.8, 4) is 0 Å². The van der Waals surface area contributed by atoms with Crippen LogP contribution in [0.4, 0.5) is 0 Å². The largest absolute Gasteiger partial charge is 0.393 e. The standard InChI is InChI=1S/C7H16O2/c1-3-9-6-4-5-7(2)8/h7-8H,3-6H2,1-2H3. The van der Waals surface area contributed by atoms with Crippen LogP contribution in [0, 0.1) is 0 Å². The Balaban J connectivity index is 2.75. The van der Waals surface area contributed by atoms with E-state index in [1.807, 2.05) is 6.92 Å². The summed E-state index contributed by atoms with van der Waals surface area (Å²) < 4.78 is 5.07. The van der Waals surface area contributed by atoms with Crippen molar-refractivity contribution in [1.82, 2.24) is 0 Å². The van der Waals surface area contributed by atoms with Crippen LogP contribution < -0.4 is 0 Å². The number of aliphatic hydroxyl groups excluding tert-OH is 1. The molecule has 0 rings (SSSR count). The van der Waals surface area contributed by atoms with E-state index in [-0.39, 0.29) is 6.10 Å². The Kier molecular flexibility index (Phi) is 5.99. The number of aliphatic hydroxyl groups is 1. The second-order valence-corrected chi connectivity index (χ2v) is 2.19. The van der Waals surface area contributed by atoms with Gasteiger partial charge in [-0.3, -0.25) is 0 Å². The van der Waals surface area contributed by atoms with Gasteiger partial charge in [-0.25, -0.2) is 0 Å². The normalized spacial score (nSPS) is 13.7. The highest BCUT2D eigenvalue weighted by Crippen LogP contribution is 1.94. The molecule has 2 heteroatoms. The van der Waals surface area contributed by atoms with Gasteiger partial charge in [-0.1, -0.05) is 0 Å². The average Bonchev–Trinajstić information content (AvgIpc) is 1.80. The van der Waals surface area contributed by atoms with Crippen LogP contribution in [0.5, 0.6) is 0 Å². The van der Waals surface area contributed by atoms with Gasteiger partial charge in [-0.05, 0) is 26.7 Å². The number of ether oxygens (including phenoxy) is 1. The first kappa shape index (κ1) is 8.92. The smallest absolute Gasteiger partial charge is 0.0513 e. The van der Waals surface area contributed by atoms with E-state index < -0.39 is 0 Å². The summed E-state index contributed by atoms with van der Waals surface area (Å²) in [7, 11) is 0. The van der Waals surface area contributed by atoms with Crippen LogP contribution in [-0.4, -0.2) is 24.4 Å². The van der Waals surface area contributed by atoms with Gasteiger partial charge < -0.3 is 9.84 Å². The summed E-state index contributed by atoms with van der Waals surface area (Å²) in [5, 5.41) is 8.80. The van der Waals surface area contributed by atoms with Gasteiger partial charge in [0.2, 0.25) is 0 Å². The molecule has 1 unspecified atom stereocenters. The Hall–Kier alpha value is -0.0800. The molecule has 0 aromatic rings. The van der Waals surface area contributed by atoms with Gasteiger partial charge in [0.15, 0.2) is 0 Å². The molecular formula is C7H16O2. The number of hydrogen-bond donors (Lipinski definition) is 1. The van der Waals surface area contributed by atoms with Crippen molar-refractivity contribution in [1.29, 1.82) is 0 Å². The molecular weight excluding hydrogens is 116 g/mol. The van der Waals surface area contributed by atoms with Crippen LogP contribution in [-0.2, 0) is 4.74 Å². The zero-order valence-electron chi connectivity index (χ0n) is 6.26. The molecule has 56 valence electrons. The summed E-state index contributed by atoms with van der Waals surface area (Å²) in [5.41, 5.74) is 0. The minimum Gasteiger partial charge on any atom is -0.393 e. The van der Waals surface area contributed by atoms with Crippen molar-refractivity contribution in [3.05, 3.63) is 0 Å². The lowest BCUT2D eigenvalue weighted by Gasteiger charge is -2.02. The first-order valence-corrected chi connectivity index (χ1v) is 3.53. The highest BCUT2D eigenvalue weighted by molar-refractivity contribution is 4.45. The molecule has 0 aliphatic rings. The Morgan fingerprint density at radius 3 is 2.67 bits per heavy atom. The van der Waals surface area contributed by atoms with E-state index in [1.165, 1.54) is 0 Å². The summed E-state index contributed by atoms with van der Waals surface area (Å²) in [4.78, 5) is 0. The third kappa shape index (κ3) is 7.92. The molecule has 0 saturated heterocycles. The van der Waals surface area contributed by atoms with E-state index in [1.54, 1.807) is 6.92 Å². The molecule has 0 aliphatic carbocycles. The fourth-order valence-electron chi connectivity index (χ4n) is 0.625. The molecule has 0 spiro atoms. The predicted octanol–water partition coefficient (Wildman–Crippen LogP) is 1.18. The third-order valence-corrected chi connectivity index (χ3v) is 1.11. The molecule has 0 bridgehead atoms. The lowest BCUT2D eigenvalue weighted by molar-refractivity contribution is 0.121. The highest BCUT2D eigenvalue weighted by atomic mass is 16.5. The van der Waals surface area contributed by atoms with Gasteiger partial charge in [-0.2, -0.15) is 0 Å². The first-order chi connectivity index (χ1) is 4.27. The Morgan fingerprint density at radius 2 is 2.22 bits per heavy atom. The monoisotopic (exact) mass is 132 g/mol. The molecule has 0 aromatic heterocycles. The minimum absolute atomic E-state index is 0.176. The molecule has 0 radical (unpaired) electrons. The van der Waals surface area contributed by atoms with Crippen LogP contribution in [0.15, 0.2) is 0 Å². The minimum atomic E-state index is -0.176. The third-order valence-electron chi connectivity index (χ3n) is 1.11. The molecule has 0 fully saturated rings. The van der Waals surface area contributed by atoms with Crippen LogP contribution in [0.3, 0.4) is 0 Å². The second kappa shape index (κ2) is 6.05. The van der Waals surface area contributed by atoms with E-state index in [2.05, 4.69) is 0 Å². The van der Waals surface area contributed by atoms with Crippen LogP contribution >= 0.6 is 0 Å². The topological polar surface area (TPSA) is 29.5 Å². The quantitative estimate of drug-likeness (QED) is 0.569. The molecule has 0 amide bonds. The van der Waals surface area contributed by atoms with E-state index in [0.29, 0.717) is 0 Å². The van der Waals surface area contributed by atoms with Gasteiger partial charge >= 0.3 is 0 Å². The lowest BCUT2D eigenvalue weighted by atomic mass is 10.2. The van der Waals surface area contributed by atoms with Crippen molar-refractivity contribution < 1.29 is 9.84 Å². The molecule has 0 aromatic carbocycles. The van der Waals surface area contributed by atoms with Gasteiger partial charge in [0.25, 0.3) is 0 Å². The zero-order chi connectivity index (χ0) is 7.11. The predicted molar refractivity (Wildman–Crippen MR) is 37.4 cm³/mol. The van der Waals surface area contributed by atoms with Crippen LogP contribution in [0.1, 0.15) is 26.7 Å². The fraction of sp³-hybridized carbons (Fsp3) is 1.00. The van der Waals surface area contributed by atoms with Crippen molar-refractivity contribution in [2.45, 2.75) is 32.8 Å². The lowest BCUT2D eigenvalue weighted by Crippen LogP contribution is -2.02. The highest BCUT2D eigenvalue weighted by Gasteiger charge is 1.93. The van der Waals surface area contributed by atoms with E-state index in [4.69, 9.17) is 9.84 Å². The van der Waals surface area contributed by atoms with Gasteiger partial charge in [0.05, 0.1) is 6.10 Å². The SMILES string of the molecule is CCOCCCC(C)O. The summed E-state index contributed by atoms with van der Waals surface area (Å²) in [6.45, 7) is 5.33. The van der Waals surface area contributed by atoms with Gasteiger partial charge in [-0.15, -0.1) is 0 Å². The van der Waals surface area contributed by atoms with Crippen molar-refractivity contribution in [2.24, 2.45) is 0 Å².